The van der Waals surface area contributed by atoms with Crippen LogP contribution in [0.15, 0.2) is 30.5 Å². The lowest BCUT2D eigenvalue weighted by atomic mass is 9.79. The van der Waals surface area contributed by atoms with Gasteiger partial charge in [-0.15, -0.1) is 0 Å². The maximum absolute atomic E-state index is 13.1. The average molecular weight is 335 g/mol. The van der Waals surface area contributed by atoms with Crippen molar-refractivity contribution >= 4 is 22.4 Å². The quantitative estimate of drug-likeness (QED) is 0.870. The van der Waals surface area contributed by atoms with Crippen LogP contribution in [0.4, 0.5) is 0 Å². The molecule has 2 aromatic rings. The number of aromatic nitrogens is 1. The van der Waals surface area contributed by atoms with Crippen molar-refractivity contribution in [3.05, 3.63) is 41.6 Å². The predicted octanol–water partition coefficient (Wildman–Crippen LogP) is 3.05. The topological polar surface area (TPSA) is 39.3 Å². The summed E-state index contributed by atoms with van der Waals surface area (Å²) < 4.78 is 0. The van der Waals surface area contributed by atoms with E-state index in [1.54, 1.807) is 0 Å². The van der Waals surface area contributed by atoms with Crippen LogP contribution in [-0.4, -0.2) is 53.4 Å². The van der Waals surface area contributed by atoms with Crippen LogP contribution in [0.5, 0.6) is 0 Å². The Morgan fingerprint density at radius 1 is 1.20 bits per heavy atom. The Morgan fingerprint density at radius 3 is 2.88 bits per heavy atom. The fourth-order valence-electron chi connectivity index (χ4n) is 4.95. The molecule has 4 heteroatoms. The second-order valence-corrected chi connectivity index (χ2v) is 7.82. The molecule has 0 radical (unpaired) electrons. The number of H-pyrrole nitrogens is 1. The smallest absolute Gasteiger partial charge is 0.230 e. The number of hydrogen-bond acceptors (Lipinski definition) is 2. The molecule has 1 saturated heterocycles. The number of likely N-dealkylation sites (tertiary alicyclic amines) is 1. The Labute approximate surface area is 148 Å². The van der Waals surface area contributed by atoms with Gasteiger partial charge >= 0.3 is 0 Å². The van der Waals surface area contributed by atoms with Gasteiger partial charge in [-0.05, 0) is 55.5 Å². The third kappa shape index (κ3) is 2.35. The molecule has 1 aromatic carbocycles. The first-order valence-electron chi connectivity index (χ1n) is 9.52. The third-order valence-electron chi connectivity index (χ3n) is 6.25. The van der Waals surface area contributed by atoms with E-state index in [1.165, 1.54) is 34.0 Å². The highest BCUT2D eigenvalue weighted by Crippen LogP contribution is 2.41. The normalized spacial score (nSPS) is 26.4. The molecule has 4 nitrogen and oxygen atoms in total. The van der Waals surface area contributed by atoms with Gasteiger partial charge in [-0.2, -0.15) is 0 Å². The van der Waals surface area contributed by atoms with Crippen molar-refractivity contribution < 1.29 is 4.79 Å². The summed E-state index contributed by atoms with van der Waals surface area (Å²) in [6.45, 7) is 2.70. The monoisotopic (exact) mass is 335 g/mol. The van der Waals surface area contributed by atoms with E-state index in [1.807, 2.05) is 0 Å². The number of benzene rings is 1. The van der Waals surface area contributed by atoms with Crippen molar-refractivity contribution in [1.29, 1.82) is 0 Å². The van der Waals surface area contributed by atoms with Gasteiger partial charge < -0.3 is 9.88 Å². The molecule has 3 aliphatic rings. The molecule has 2 atom stereocenters. The summed E-state index contributed by atoms with van der Waals surface area (Å²) in [5.41, 5.74) is 5.27. The van der Waals surface area contributed by atoms with Gasteiger partial charge in [-0.1, -0.05) is 18.2 Å². The summed E-state index contributed by atoms with van der Waals surface area (Å²) in [6.07, 6.45) is 9.04. The molecule has 1 aliphatic carbocycles. The van der Waals surface area contributed by atoms with Gasteiger partial charge in [0.25, 0.3) is 0 Å². The summed E-state index contributed by atoms with van der Waals surface area (Å²) >= 11 is 0. The van der Waals surface area contributed by atoms with Crippen LogP contribution < -0.4 is 0 Å². The SMILES string of the molecule is CN1C[C@H](C(=O)N2CCCCC2)C=C2c3cccc4[nH]cc(c34)C[C@H]21. The first-order chi connectivity index (χ1) is 12.2. The highest BCUT2D eigenvalue weighted by atomic mass is 16.2. The minimum atomic E-state index is -0.00917. The molecular weight excluding hydrogens is 310 g/mol. The Morgan fingerprint density at radius 2 is 2.04 bits per heavy atom. The van der Waals surface area contributed by atoms with Crippen molar-refractivity contribution in [2.24, 2.45) is 5.92 Å². The largest absolute Gasteiger partial charge is 0.361 e. The van der Waals surface area contributed by atoms with Crippen molar-refractivity contribution in [2.75, 3.05) is 26.7 Å². The Kier molecular flexibility index (Phi) is 3.49. The van der Waals surface area contributed by atoms with Crippen molar-refractivity contribution in [3.63, 3.8) is 0 Å². The number of hydrogen-bond donors (Lipinski definition) is 1. The molecule has 1 aromatic heterocycles. The standard InChI is InChI=1S/C21H25N3O/c1-23-13-15(21(25)24-8-3-2-4-9-24)10-17-16-6-5-7-18-20(16)14(12-22-18)11-19(17)23/h5-7,10,12,15,19,22H,2-4,8-9,11,13H2,1H3/t15-,19-/m1/s1. The van der Waals surface area contributed by atoms with E-state index in [2.05, 4.69) is 52.3 Å². The van der Waals surface area contributed by atoms with Gasteiger partial charge in [0.05, 0.1) is 5.92 Å². The number of nitrogens with zero attached hydrogens (tertiary/aromatic N) is 2. The maximum Gasteiger partial charge on any atom is 0.230 e. The van der Waals surface area contributed by atoms with Crippen LogP contribution in [0.2, 0.25) is 0 Å². The molecular formula is C21H25N3O. The van der Waals surface area contributed by atoms with E-state index in [-0.39, 0.29) is 5.92 Å². The molecule has 3 heterocycles. The van der Waals surface area contributed by atoms with Gasteiger partial charge in [-0.25, -0.2) is 0 Å². The lowest BCUT2D eigenvalue weighted by Crippen LogP contribution is -2.48. The fourth-order valence-corrected chi connectivity index (χ4v) is 4.95. The van der Waals surface area contributed by atoms with Gasteiger partial charge in [0, 0.05) is 42.8 Å². The summed E-state index contributed by atoms with van der Waals surface area (Å²) in [5.74, 6) is 0.314. The number of carbonyl (C=O) groups is 1. The lowest BCUT2D eigenvalue weighted by molar-refractivity contribution is -0.135. The number of fused-ring (bicyclic) bond motifs is 2. The zero-order chi connectivity index (χ0) is 17.0. The van der Waals surface area contributed by atoms with Gasteiger partial charge in [-0.3, -0.25) is 9.69 Å². The van der Waals surface area contributed by atoms with E-state index in [4.69, 9.17) is 0 Å². The minimum absolute atomic E-state index is 0.00917. The second kappa shape index (κ2) is 5.73. The minimum Gasteiger partial charge on any atom is -0.361 e. The summed E-state index contributed by atoms with van der Waals surface area (Å²) in [5, 5.41) is 1.35. The molecule has 0 unspecified atom stereocenters. The van der Waals surface area contributed by atoms with Crippen molar-refractivity contribution in [3.8, 4) is 0 Å². The zero-order valence-corrected chi connectivity index (χ0v) is 14.8. The van der Waals surface area contributed by atoms with E-state index in [0.717, 1.165) is 38.9 Å². The average Bonchev–Trinajstić information content (AvgIpc) is 3.07. The molecule has 130 valence electrons. The fraction of sp³-hybridized carbons (Fsp3) is 0.476. The van der Waals surface area contributed by atoms with Crippen LogP contribution in [-0.2, 0) is 11.2 Å². The van der Waals surface area contributed by atoms with E-state index < -0.39 is 0 Å². The number of amides is 1. The predicted molar refractivity (Wildman–Crippen MR) is 100 cm³/mol. The molecule has 0 spiro atoms. The molecule has 1 amide bonds. The first kappa shape index (κ1) is 15.2. The summed E-state index contributed by atoms with van der Waals surface area (Å²) in [6, 6.07) is 6.88. The number of aromatic amines is 1. The maximum atomic E-state index is 13.1. The van der Waals surface area contributed by atoms with Crippen LogP contribution in [0, 0.1) is 5.92 Å². The molecule has 0 bridgehead atoms. The van der Waals surface area contributed by atoms with Gasteiger partial charge in [0.15, 0.2) is 0 Å². The highest BCUT2D eigenvalue weighted by molar-refractivity contribution is 5.99. The molecule has 5 rings (SSSR count). The van der Waals surface area contributed by atoms with Crippen molar-refractivity contribution in [2.45, 2.75) is 31.7 Å². The number of rotatable bonds is 1. The first-order valence-corrected chi connectivity index (χ1v) is 9.52. The number of carbonyl (C=O) groups excluding carboxylic acids is 1. The summed E-state index contributed by atoms with van der Waals surface area (Å²) in [7, 11) is 2.17. The third-order valence-corrected chi connectivity index (χ3v) is 6.25. The van der Waals surface area contributed by atoms with Gasteiger partial charge in [0.2, 0.25) is 5.91 Å². The van der Waals surface area contributed by atoms with Crippen LogP contribution >= 0.6 is 0 Å². The van der Waals surface area contributed by atoms with Crippen LogP contribution in [0.3, 0.4) is 0 Å². The molecule has 25 heavy (non-hydrogen) atoms. The van der Waals surface area contributed by atoms with E-state index in [0.29, 0.717) is 11.9 Å². The summed E-state index contributed by atoms with van der Waals surface area (Å²) in [4.78, 5) is 20.9. The van der Waals surface area contributed by atoms with E-state index in [9.17, 15) is 4.79 Å². The van der Waals surface area contributed by atoms with Crippen LogP contribution in [0.25, 0.3) is 16.5 Å². The number of likely N-dealkylation sites (N-methyl/N-ethyl adjacent to an activating group) is 1. The zero-order valence-electron chi connectivity index (χ0n) is 14.8. The Balaban J connectivity index is 1.55. The Bertz CT molecular complexity index is 859. The molecule has 1 fully saturated rings. The van der Waals surface area contributed by atoms with Crippen LogP contribution in [0.1, 0.15) is 30.4 Å². The van der Waals surface area contributed by atoms with E-state index >= 15 is 0 Å². The number of piperidine rings is 1. The second-order valence-electron chi connectivity index (χ2n) is 7.82. The highest BCUT2D eigenvalue weighted by Gasteiger charge is 2.36. The molecule has 0 saturated carbocycles. The lowest BCUT2D eigenvalue weighted by Gasteiger charge is -2.41. The van der Waals surface area contributed by atoms with Gasteiger partial charge in [0.1, 0.15) is 0 Å². The number of nitrogens with one attached hydrogen (secondary N) is 1. The Hall–Kier alpha value is -2.07. The molecule has 2 aliphatic heterocycles. The molecule has 1 N–H and O–H groups in total. The van der Waals surface area contributed by atoms with Crippen molar-refractivity contribution in [1.82, 2.24) is 14.8 Å².